The zero-order valence-electron chi connectivity index (χ0n) is 10.6. The Morgan fingerprint density at radius 2 is 1.33 bits per heavy atom. The maximum absolute atomic E-state index is 9.98. The van der Waals surface area contributed by atoms with Crippen molar-refractivity contribution in [3.63, 3.8) is 0 Å². The Morgan fingerprint density at radius 3 is 1.56 bits per heavy atom. The van der Waals surface area contributed by atoms with E-state index in [4.69, 9.17) is 5.11 Å². The first-order valence-electron chi connectivity index (χ1n) is 3.12. The van der Waals surface area contributed by atoms with E-state index >= 15 is 0 Å². The minimum Gasteiger partial charge on any atom is -0.790 e. The van der Waals surface area contributed by atoms with Crippen molar-refractivity contribution in [2.75, 3.05) is 13.2 Å². The van der Waals surface area contributed by atoms with Gasteiger partial charge in [0, 0.05) is 0 Å². The third kappa shape index (κ3) is 25.2. The van der Waals surface area contributed by atoms with Crippen LogP contribution < -0.4 is 138 Å². The van der Waals surface area contributed by atoms with Gasteiger partial charge in [0.15, 0.2) is 0 Å². The van der Waals surface area contributed by atoms with Crippen molar-refractivity contribution < 1.29 is 161 Å². The van der Waals surface area contributed by atoms with Crippen LogP contribution in [0.2, 0.25) is 0 Å². The summed E-state index contributed by atoms with van der Waals surface area (Å²) in [5.41, 5.74) is 0. The minimum atomic E-state index is -5.35. The number of rotatable bonds is 6. The number of phosphoric acid groups is 2. The summed E-state index contributed by atoms with van der Waals surface area (Å²) < 4.78 is 27.1. The fraction of sp³-hybridized carbons (Fsp3) is 1.00. The molecule has 0 saturated carbocycles. The maximum atomic E-state index is 9.98. The van der Waals surface area contributed by atoms with E-state index in [1.54, 1.807) is 0 Å². The summed E-state index contributed by atoms with van der Waals surface area (Å²) >= 11 is 0. The summed E-state index contributed by atoms with van der Waals surface area (Å²) in [6.07, 6.45) is -1.70. The fourth-order valence-electron chi connectivity index (χ4n) is 0.473. The molecular formula is C3H6Na4O9P2. The van der Waals surface area contributed by atoms with Gasteiger partial charge in [0.05, 0.1) is 28.9 Å². The molecule has 1 unspecified atom stereocenters. The number of aliphatic hydroxyl groups excluding tert-OH is 1. The molecule has 18 heavy (non-hydrogen) atoms. The van der Waals surface area contributed by atoms with Gasteiger partial charge < -0.3 is 42.9 Å². The molecule has 0 aliphatic carbocycles. The van der Waals surface area contributed by atoms with Crippen molar-refractivity contribution >= 4 is 15.6 Å². The van der Waals surface area contributed by atoms with E-state index in [2.05, 4.69) is 9.05 Å². The van der Waals surface area contributed by atoms with Gasteiger partial charge >= 0.3 is 118 Å². The van der Waals surface area contributed by atoms with E-state index in [1.165, 1.54) is 0 Å². The smallest absolute Gasteiger partial charge is 0.790 e. The summed E-state index contributed by atoms with van der Waals surface area (Å²) in [5.74, 6) is 0. The van der Waals surface area contributed by atoms with Crippen molar-refractivity contribution in [3.05, 3.63) is 0 Å². The van der Waals surface area contributed by atoms with Crippen molar-refractivity contribution in [1.29, 1.82) is 0 Å². The van der Waals surface area contributed by atoms with E-state index in [0.717, 1.165) is 0 Å². The molecule has 0 amide bonds. The molecule has 0 spiro atoms. The Labute approximate surface area is 192 Å². The summed E-state index contributed by atoms with van der Waals surface area (Å²) in [5, 5.41) is 8.39. The second kappa shape index (κ2) is 16.1. The minimum absolute atomic E-state index is 0. The van der Waals surface area contributed by atoms with E-state index < -0.39 is 35.0 Å². The second-order valence-electron chi connectivity index (χ2n) is 2.10. The summed E-state index contributed by atoms with van der Waals surface area (Å²) in [6, 6.07) is 0. The largest absolute Gasteiger partial charge is 1.00 e. The number of phosphoric ester groups is 2. The van der Waals surface area contributed by atoms with Crippen molar-refractivity contribution in [2.24, 2.45) is 0 Å². The predicted octanol–water partition coefficient (Wildman–Crippen LogP) is -15.9. The van der Waals surface area contributed by atoms with Crippen molar-refractivity contribution in [2.45, 2.75) is 6.10 Å². The topological polar surface area (TPSA) is 165 Å². The monoisotopic (exact) mass is 340 g/mol. The molecule has 0 rings (SSSR count). The van der Waals surface area contributed by atoms with Gasteiger partial charge in [-0.3, -0.25) is 0 Å². The van der Waals surface area contributed by atoms with Gasteiger partial charge in [0.2, 0.25) is 0 Å². The summed E-state index contributed by atoms with van der Waals surface area (Å²) in [6.45, 7) is -2.01. The predicted molar refractivity (Wildman–Crippen MR) is 33.1 cm³/mol. The van der Waals surface area contributed by atoms with Crippen LogP contribution >= 0.6 is 15.6 Å². The van der Waals surface area contributed by atoms with Crippen LogP contribution in [0.15, 0.2) is 0 Å². The fourth-order valence-corrected chi connectivity index (χ4v) is 1.31. The molecule has 0 heterocycles. The molecule has 1 N–H and O–H groups in total. The van der Waals surface area contributed by atoms with Crippen LogP contribution in [0.1, 0.15) is 0 Å². The van der Waals surface area contributed by atoms with Gasteiger partial charge in [-0.15, -0.1) is 0 Å². The molecule has 0 aromatic carbocycles. The Hall–Kier alpha value is 4.18. The van der Waals surface area contributed by atoms with Crippen molar-refractivity contribution in [3.8, 4) is 0 Å². The third-order valence-corrected chi connectivity index (χ3v) is 1.92. The van der Waals surface area contributed by atoms with E-state index in [1.807, 2.05) is 0 Å². The average Bonchev–Trinajstić information content (AvgIpc) is 1.94. The van der Waals surface area contributed by atoms with E-state index in [-0.39, 0.29) is 118 Å². The molecule has 0 aliphatic heterocycles. The number of aliphatic hydroxyl groups is 1. The van der Waals surface area contributed by atoms with Crippen LogP contribution in [-0.2, 0) is 18.2 Å². The van der Waals surface area contributed by atoms with Gasteiger partial charge in [0.1, 0.15) is 6.10 Å². The molecule has 15 heteroatoms. The molecule has 0 aliphatic rings. The van der Waals surface area contributed by atoms with E-state index in [9.17, 15) is 28.7 Å². The van der Waals surface area contributed by atoms with Crippen LogP contribution in [0, 0.1) is 0 Å². The van der Waals surface area contributed by atoms with Gasteiger partial charge in [-0.1, -0.05) is 0 Å². The van der Waals surface area contributed by atoms with Gasteiger partial charge in [-0.25, -0.2) is 0 Å². The zero-order chi connectivity index (χ0) is 11.4. The molecule has 86 valence electrons. The first-order chi connectivity index (χ1) is 6.14. The standard InChI is InChI=1S/C3H10O9P2.4Na/c4-1-3(12-14(8,9)10)2-11-13(5,6)7;;;;/h3-4H,1-2H2,(H2,5,6,7)(H2,8,9,10);;;;/q;4*+1/p-4. The second-order valence-corrected chi connectivity index (χ2v) is 4.36. The van der Waals surface area contributed by atoms with Crippen LogP contribution in [0.4, 0.5) is 0 Å². The molecule has 0 aromatic heterocycles. The van der Waals surface area contributed by atoms with Crippen molar-refractivity contribution in [1.82, 2.24) is 0 Å². The quantitative estimate of drug-likeness (QED) is 0.365. The van der Waals surface area contributed by atoms with Gasteiger partial charge in [0.25, 0.3) is 0 Å². The Kier molecular flexibility index (Phi) is 30.1. The first-order valence-corrected chi connectivity index (χ1v) is 6.04. The normalized spacial score (nSPS) is 12.1. The van der Waals surface area contributed by atoms with Gasteiger partial charge in [-0.05, 0) is 0 Å². The van der Waals surface area contributed by atoms with E-state index in [0.29, 0.717) is 0 Å². The molecule has 0 saturated heterocycles. The number of hydrogen-bond acceptors (Lipinski definition) is 9. The molecule has 0 fully saturated rings. The zero-order valence-corrected chi connectivity index (χ0v) is 20.4. The molecule has 0 aromatic rings. The Balaban J connectivity index is -0.000000141. The molecule has 1 atom stereocenters. The van der Waals surface area contributed by atoms with Crippen LogP contribution in [-0.4, -0.2) is 24.4 Å². The average molecular weight is 340 g/mol. The number of hydrogen-bond donors (Lipinski definition) is 1. The molecule has 0 bridgehead atoms. The first kappa shape index (κ1) is 33.7. The summed E-state index contributed by atoms with van der Waals surface area (Å²) in [7, 11) is -10.6. The maximum Gasteiger partial charge on any atom is 1.00 e. The molecule has 0 radical (unpaired) electrons. The SMILES string of the molecule is O=P([O-])([O-])OCC(CO)OP(=O)([O-])[O-].[Na+].[Na+].[Na+].[Na+]. The molecule has 9 nitrogen and oxygen atoms in total. The molecular weight excluding hydrogens is 334 g/mol. The third-order valence-electron chi connectivity index (χ3n) is 0.900. The summed E-state index contributed by atoms with van der Waals surface area (Å²) in [4.78, 5) is 39.8. The van der Waals surface area contributed by atoms with Crippen LogP contribution in [0.5, 0.6) is 0 Å². The Bertz CT molecular complexity index is 265. The van der Waals surface area contributed by atoms with Gasteiger partial charge in [-0.2, -0.15) is 0 Å². The Morgan fingerprint density at radius 1 is 0.944 bits per heavy atom. The van der Waals surface area contributed by atoms with Crippen LogP contribution in [0.3, 0.4) is 0 Å². The van der Waals surface area contributed by atoms with Crippen LogP contribution in [0.25, 0.3) is 0 Å².